The first-order valence-corrected chi connectivity index (χ1v) is 8.51. The van der Waals surface area contributed by atoms with E-state index in [9.17, 15) is 12.8 Å². The molecule has 3 rings (SSSR count). The molecule has 1 heterocycles. The summed E-state index contributed by atoms with van der Waals surface area (Å²) in [6, 6.07) is 12.2. The number of hydrogen-bond acceptors (Lipinski definition) is 3. The van der Waals surface area contributed by atoms with Crippen molar-refractivity contribution in [1.29, 1.82) is 0 Å². The molecule has 22 heavy (non-hydrogen) atoms. The number of pyridine rings is 1. The van der Waals surface area contributed by atoms with Gasteiger partial charge in [0.1, 0.15) is 5.82 Å². The fraction of sp³-hybridized carbons (Fsp3) is 0.0625. The van der Waals surface area contributed by atoms with E-state index >= 15 is 0 Å². The normalized spacial score (nSPS) is 11.7. The fourth-order valence-corrected chi connectivity index (χ4v) is 4.13. The topological polar surface area (TPSA) is 47.0 Å². The van der Waals surface area contributed by atoms with E-state index in [1.807, 2.05) is 0 Å². The molecule has 0 bridgehead atoms. The van der Waals surface area contributed by atoms with Crippen LogP contribution in [0.25, 0.3) is 10.9 Å². The number of para-hydroxylation sites is 1. The summed E-state index contributed by atoms with van der Waals surface area (Å²) in [6.07, 6.45) is 1.55. The van der Waals surface area contributed by atoms with Crippen LogP contribution in [-0.4, -0.2) is 13.4 Å². The maximum Gasteiger partial charge on any atom is 0.184 e. The molecule has 0 aliphatic heterocycles. The van der Waals surface area contributed by atoms with Crippen LogP contribution in [0.5, 0.6) is 0 Å². The van der Waals surface area contributed by atoms with Gasteiger partial charge in [-0.3, -0.25) is 4.98 Å². The molecule has 0 unspecified atom stereocenters. The number of halogens is 2. The lowest BCUT2D eigenvalue weighted by atomic mass is 10.2. The first kappa shape index (κ1) is 14.9. The van der Waals surface area contributed by atoms with Gasteiger partial charge in [-0.25, -0.2) is 12.8 Å². The van der Waals surface area contributed by atoms with E-state index in [4.69, 9.17) is 11.6 Å². The van der Waals surface area contributed by atoms with Crippen molar-refractivity contribution in [2.75, 3.05) is 0 Å². The Balaban J connectivity index is 2.09. The summed E-state index contributed by atoms with van der Waals surface area (Å²) in [4.78, 5) is 4.30. The maximum absolute atomic E-state index is 13.1. The smallest absolute Gasteiger partial charge is 0.184 e. The summed E-state index contributed by atoms with van der Waals surface area (Å²) in [5, 5.41) is 0.838. The lowest BCUT2D eigenvalue weighted by Gasteiger charge is -2.09. The molecule has 3 nitrogen and oxygen atoms in total. The molecule has 112 valence electrons. The Labute approximate surface area is 132 Å². The molecule has 1 aromatic heterocycles. The standard InChI is InChI=1S/C16H11ClFNO2S/c17-14-9-13(18)7-6-12(14)10-22(20,21)15-5-1-3-11-4-2-8-19-16(11)15/h1-9H,10H2. The summed E-state index contributed by atoms with van der Waals surface area (Å²) < 4.78 is 38.4. The van der Waals surface area contributed by atoms with Crippen molar-refractivity contribution in [3.63, 3.8) is 0 Å². The van der Waals surface area contributed by atoms with Gasteiger partial charge in [0.25, 0.3) is 0 Å². The average Bonchev–Trinajstić information content (AvgIpc) is 2.49. The molecular weight excluding hydrogens is 325 g/mol. The molecule has 0 atom stereocenters. The van der Waals surface area contributed by atoms with Crippen LogP contribution in [0, 0.1) is 5.82 Å². The number of aromatic nitrogens is 1. The van der Waals surface area contributed by atoms with Crippen LogP contribution >= 0.6 is 11.6 Å². The van der Waals surface area contributed by atoms with Crippen molar-refractivity contribution in [3.05, 3.63) is 71.1 Å². The van der Waals surface area contributed by atoms with Crippen molar-refractivity contribution in [2.24, 2.45) is 0 Å². The van der Waals surface area contributed by atoms with Crippen LogP contribution in [0.15, 0.2) is 59.6 Å². The van der Waals surface area contributed by atoms with Crippen molar-refractivity contribution < 1.29 is 12.8 Å². The van der Waals surface area contributed by atoms with Gasteiger partial charge in [0.2, 0.25) is 0 Å². The Kier molecular flexibility index (Phi) is 3.85. The molecule has 0 saturated heterocycles. The van der Waals surface area contributed by atoms with Gasteiger partial charge in [0.15, 0.2) is 9.84 Å². The Bertz CT molecular complexity index is 952. The molecule has 0 aliphatic carbocycles. The molecule has 0 radical (unpaired) electrons. The van der Waals surface area contributed by atoms with E-state index in [0.717, 1.165) is 11.5 Å². The quantitative estimate of drug-likeness (QED) is 0.726. The highest BCUT2D eigenvalue weighted by Crippen LogP contribution is 2.26. The third-order valence-corrected chi connectivity index (χ3v) is 5.33. The lowest BCUT2D eigenvalue weighted by Crippen LogP contribution is -2.07. The zero-order chi connectivity index (χ0) is 15.7. The van der Waals surface area contributed by atoms with Gasteiger partial charge in [0, 0.05) is 16.6 Å². The highest BCUT2D eigenvalue weighted by molar-refractivity contribution is 7.90. The molecular formula is C16H11ClFNO2S. The van der Waals surface area contributed by atoms with Crippen molar-refractivity contribution in [1.82, 2.24) is 4.98 Å². The van der Waals surface area contributed by atoms with Crippen LogP contribution in [0.2, 0.25) is 5.02 Å². The van der Waals surface area contributed by atoms with Gasteiger partial charge in [-0.1, -0.05) is 35.9 Å². The SMILES string of the molecule is O=S(=O)(Cc1ccc(F)cc1Cl)c1cccc2cccnc12. The second-order valence-electron chi connectivity index (χ2n) is 4.83. The molecule has 0 spiro atoms. The Hall–Kier alpha value is -1.98. The van der Waals surface area contributed by atoms with Crippen molar-refractivity contribution >= 4 is 32.3 Å². The van der Waals surface area contributed by atoms with E-state index < -0.39 is 15.7 Å². The minimum absolute atomic E-state index is 0.0942. The average molecular weight is 336 g/mol. The largest absolute Gasteiger partial charge is 0.255 e. The van der Waals surface area contributed by atoms with Gasteiger partial charge in [-0.05, 0) is 29.8 Å². The Morgan fingerprint density at radius 1 is 1.09 bits per heavy atom. The summed E-state index contributed by atoms with van der Waals surface area (Å²) in [5.74, 6) is -0.806. The Morgan fingerprint density at radius 2 is 1.86 bits per heavy atom. The lowest BCUT2D eigenvalue weighted by molar-refractivity contribution is 0.595. The van der Waals surface area contributed by atoms with Gasteiger partial charge >= 0.3 is 0 Å². The number of sulfone groups is 1. The van der Waals surface area contributed by atoms with Gasteiger partial charge < -0.3 is 0 Å². The third-order valence-electron chi connectivity index (χ3n) is 3.29. The minimum Gasteiger partial charge on any atom is -0.255 e. The number of benzene rings is 2. The van der Waals surface area contributed by atoms with Crippen LogP contribution < -0.4 is 0 Å². The number of hydrogen-bond donors (Lipinski definition) is 0. The highest BCUT2D eigenvalue weighted by Gasteiger charge is 2.20. The van der Waals surface area contributed by atoms with E-state index in [2.05, 4.69) is 4.98 Å². The first-order valence-electron chi connectivity index (χ1n) is 6.48. The number of fused-ring (bicyclic) bond motifs is 1. The van der Waals surface area contributed by atoms with Crippen LogP contribution in [0.4, 0.5) is 4.39 Å². The van der Waals surface area contributed by atoms with Crippen molar-refractivity contribution in [3.8, 4) is 0 Å². The molecule has 2 aromatic carbocycles. The van der Waals surface area contributed by atoms with Gasteiger partial charge in [-0.2, -0.15) is 0 Å². The summed E-state index contributed by atoms with van der Waals surface area (Å²) in [7, 11) is -3.64. The summed E-state index contributed by atoms with van der Waals surface area (Å²) in [5.41, 5.74) is 0.777. The zero-order valence-corrected chi connectivity index (χ0v) is 12.9. The molecule has 0 N–H and O–H groups in total. The van der Waals surface area contributed by atoms with E-state index in [0.29, 0.717) is 11.1 Å². The second-order valence-corrected chi connectivity index (χ2v) is 7.19. The van der Waals surface area contributed by atoms with Crippen LogP contribution in [0.3, 0.4) is 0 Å². The van der Waals surface area contributed by atoms with E-state index in [1.54, 1.807) is 30.5 Å². The van der Waals surface area contributed by atoms with Crippen LogP contribution in [-0.2, 0) is 15.6 Å². The maximum atomic E-state index is 13.1. The predicted molar refractivity (Wildman–Crippen MR) is 84.0 cm³/mol. The van der Waals surface area contributed by atoms with Crippen molar-refractivity contribution in [2.45, 2.75) is 10.6 Å². The predicted octanol–water partition coefficient (Wildman–Crippen LogP) is 4.00. The third kappa shape index (κ3) is 2.82. The second kappa shape index (κ2) is 5.66. The van der Waals surface area contributed by atoms with Gasteiger partial charge in [-0.15, -0.1) is 0 Å². The summed E-state index contributed by atoms with van der Waals surface area (Å²) in [6.45, 7) is 0. The highest BCUT2D eigenvalue weighted by atomic mass is 35.5. The molecule has 6 heteroatoms. The monoisotopic (exact) mass is 335 g/mol. The number of nitrogens with zero attached hydrogens (tertiary/aromatic N) is 1. The van der Waals surface area contributed by atoms with Gasteiger partial charge in [0.05, 0.1) is 16.2 Å². The summed E-state index contributed by atoms with van der Waals surface area (Å²) >= 11 is 5.92. The minimum atomic E-state index is -3.64. The first-order chi connectivity index (χ1) is 10.5. The Morgan fingerprint density at radius 3 is 2.64 bits per heavy atom. The van der Waals surface area contributed by atoms with Crippen LogP contribution in [0.1, 0.15) is 5.56 Å². The molecule has 0 saturated carbocycles. The molecule has 0 amide bonds. The molecule has 0 aliphatic rings. The van der Waals surface area contributed by atoms with E-state index in [1.165, 1.54) is 18.2 Å². The van der Waals surface area contributed by atoms with E-state index in [-0.39, 0.29) is 15.7 Å². The number of rotatable bonds is 3. The fourth-order valence-electron chi connectivity index (χ4n) is 2.25. The molecule has 0 fully saturated rings. The molecule has 3 aromatic rings. The zero-order valence-electron chi connectivity index (χ0n) is 11.3.